The van der Waals surface area contributed by atoms with Crippen LogP contribution in [-0.4, -0.2) is 22.1 Å². The maximum atomic E-state index is 12.1. The summed E-state index contributed by atoms with van der Waals surface area (Å²) in [5.74, 6) is 0.492. The first-order valence-corrected chi connectivity index (χ1v) is 8.25. The Labute approximate surface area is 142 Å². The van der Waals surface area contributed by atoms with Gasteiger partial charge in [-0.15, -0.1) is 0 Å². The van der Waals surface area contributed by atoms with Gasteiger partial charge in [-0.3, -0.25) is 9.59 Å². The summed E-state index contributed by atoms with van der Waals surface area (Å²) in [7, 11) is 1.57. The monoisotopic (exact) mass is 344 g/mol. The quantitative estimate of drug-likeness (QED) is 0.743. The minimum Gasteiger partial charge on any atom is -0.458 e. The summed E-state index contributed by atoms with van der Waals surface area (Å²) < 4.78 is 6.93. The number of aryl methyl sites for hydroxylation is 1. The van der Waals surface area contributed by atoms with E-state index in [0.29, 0.717) is 11.5 Å². The minimum atomic E-state index is -0.992. The van der Waals surface area contributed by atoms with Gasteiger partial charge in [0, 0.05) is 24.2 Å². The minimum absolute atomic E-state index is 0.0330. The molecule has 0 aliphatic carbocycles. The summed E-state index contributed by atoms with van der Waals surface area (Å²) in [5, 5.41) is 16.6. The van der Waals surface area contributed by atoms with Crippen molar-refractivity contribution in [2.45, 2.75) is 6.10 Å². The van der Waals surface area contributed by atoms with Crippen molar-refractivity contribution in [2.75, 3.05) is 6.54 Å². The second-order valence-corrected chi connectivity index (χ2v) is 6.06. The molecule has 3 aromatic rings. The number of aromatic nitrogens is 1. The fourth-order valence-electron chi connectivity index (χ4n) is 2.25. The highest BCUT2D eigenvalue weighted by Gasteiger charge is 2.17. The van der Waals surface area contributed by atoms with Crippen LogP contribution < -0.4 is 10.9 Å². The van der Waals surface area contributed by atoms with E-state index in [9.17, 15) is 14.7 Å². The molecule has 0 fully saturated rings. The lowest BCUT2D eigenvalue weighted by Gasteiger charge is -2.10. The first-order valence-electron chi connectivity index (χ1n) is 7.30. The number of pyridine rings is 1. The van der Waals surface area contributed by atoms with Crippen molar-refractivity contribution in [1.29, 1.82) is 0 Å². The zero-order valence-electron chi connectivity index (χ0n) is 12.9. The number of rotatable bonds is 5. The number of furan rings is 1. The molecular formula is C17H16N2O4S. The summed E-state index contributed by atoms with van der Waals surface area (Å²) in [5.41, 5.74) is 0.586. The van der Waals surface area contributed by atoms with Crippen molar-refractivity contribution in [3.63, 3.8) is 0 Å². The van der Waals surface area contributed by atoms with Gasteiger partial charge in [0.1, 0.15) is 23.2 Å². The number of hydrogen-bond donors (Lipinski definition) is 2. The third-order valence-electron chi connectivity index (χ3n) is 3.58. The smallest absolute Gasteiger partial charge is 0.263 e. The molecule has 0 unspecified atom stereocenters. The molecule has 1 amide bonds. The normalized spacial score (nSPS) is 12.1. The molecule has 7 heteroatoms. The molecule has 3 rings (SSSR count). The molecule has 3 aromatic heterocycles. The van der Waals surface area contributed by atoms with Gasteiger partial charge in [0.25, 0.3) is 11.5 Å². The summed E-state index contributed by atoms with van der Waals surface area (Å²) in [6, 6.07) is 8.44. The van der Waals surface area contributed by atoms with Crippen molar-refractivity contribution < 1.29 is 14.3 Å². The molecule has 0 aromatic carbocycles. The van der Waals surface area contributed by atoms with Crippen LogP contribution in [0, 0.1) is 0 Å². The lowest BCUT2D eigenvalue weighted by molar-refractivity contribution is 0.0900. The lowest BCUT2D eigenvalue weighted by Crippen LogP contribution is -2.34. The summed E-state index contributed by atoms with van der Waals surface area (Å²) >= 11 is 1.56. The summed E-state index contributed by atoms with van der Waals surface area (Å²) in [4.78, 5) is 24.0. The third-order valence-corrected chi connectivity index (χ3v) is 4.27. The van der Waals surface area contributed by atoms with Gasteiger partial charge >= 0.3 is 0 Å². The van der Waals surface area contributed by atoms with E-state index in [2.05, 4.69) is 5.32 Å². The third kappa shape index (κ3) is 3.32. The number of amides is 1. The first kappa shape index (κ1) is 16.2. The molecule has 0 saturated carbocycles. The molecule has 2 N–H and O–H groups in total. The number of nitrogens with zero attached hydrogens (tertiary/aromatic N) is 1. The molecule has 0 aliphatic heterocycles. The Morgan fingerprint density at radius 2 is 2.21 bits per heavy atom. The van der Waals surface area contributed by atoms with Crippen LogP contribution in [-0.2, 0) is 7.05 Å². The number of thiophene rings is 1. The van der Waals surface area contributed by atoms with Crippen molar-refractivity contribution in [2.24, 2.45) is 7.05 Å². The molecule has 0 saturated heterocycles. The number of carbonyl (C=O) groups excluding carboxylic acids is 1. The maximum absolute atomic E-state index is 12.1. The van der Waals surface area contributed by atoms with Gasteiger partial charge in [-0.1, -0.05) is 0 Å². The summed E-state index contributed by atoms with van der Waals surface area (Å²) in [6.45, 7) is -0.0481. The highest BCUT2D eigenvalue weighted by Crippen LogP contribution is 2.26. The fraction of sp³-hybridized carbons (Fsp3) is 0.176. The van der Waals surface area contributed by atoms with E-state index in [1.807, 2.05) is 16.8 Å². The number of aliphatic hydroxyl groups is 1. The summed E-state index contributed by atoms with van der Waals surface area (Å²) in [6.07, 6.45) is 0.580. The predicted molar refractivity (Wildman–Crippen MR) is 91.0 cm³/mol. The van der Waals surface area contributed by atoms with E-state index in [-0.39, 0.29) is 17.7 Å². The molecule has 0 radical (unpaired) electrons. The lowest BCUT2D eigenvalue weighted by atomic mass is 10.2. The van der Waals surface area contributed by atoms with Gasteiger partial charge in [-0.25, -0.2) is 0 Å². The predicted octanol–water partition coefficient (Wildman–Crippen LogP) is 2.17. The van der Waals surface area contributed by atoms with Gasteiger partial charge in [0.15, 0.2) is 0 Å². The van der Waals surface area contributed by atoms with Crippen molar-refractivity contribution in [1.82, 2.24) is 9.88 Å². The topological polar surface area (TPSA) is 84.5 Å². The molecule has 0 bridgehead atoms. The van der Waals surface area contributed by atoms with Crippen LogP contribution in [0.3, 0.4) is 0 Å². The van der Waals surface area contributed by atoms with Crippen LogP contribution in [0.1, 0.15) is 22.2 Å². The van der Waals surface area contributed by atoms with Crippen molar-refractivity contribution >= 4 is 17.2 Å². The van der Waals surface area contributed by atoms with Gasteiger partial charge < -0.3 is 19.4 Å². The standard InChI is InChI=1S/C17H16N2O4S/c1-19-7-2-3-12(17(19)22)16(21)18-9-13(20)15-5-4-14(23-15)11-6-8-24-10-11/h2-8,10,13,20H,9H2,1H3,(H,18,21)/t13-/m0/s1. The van der Waals surface area contributed by atoms with Crippen LogP contribution in [0.25, 0.3) is 11.3 Å². The van der Waals surface area contributed by atoms with Crippen LogP contribution >= 0.6 is 11.3 Å². The number of nitrogens with one attached hydrogen (secondary N) is 1. The molecule has 3 heterocycles. The van der Waals surface area contributed by atoms with Gasteiger partial charge in [0.05, 0.1) is 6.54 Å². The van der Waals surface area contributed by atoms with Gasteiger partial charge in [0.2, 0.25) is 0 Å². The van der Waals surface area contributed by atoms with Crippen LogP contribution in [0.2, 0.25) is 0 Å². The average Bonchev–Trinajstić information content (AvgIpc) is 3.25. The molecular weight excluding hydrogens is 328 g/mol. The Hall–Kier alpha value is -2.64. The molecule has 24 heavy (non-hydrogen) atoms. The Morgan fingerprint density at radius 1 is 1.38 bits per heavy atom. The van der Waals surface area contributed by atoms with E-state index in [0.717, 1.165) is 5.56 Å². The molecule has 1 atom stereocenters. The average molecular weight is 344 g/mol. The molecule has 0 aliphatic rings. The van der Waals surface area contributed by atoms with Crippen molar-refractivity contribution in [3.05, 3.63) is 69.0 Å². The Balaban J connectivity index is 1.65. The number of carbonyl (C=O) groups is 1. The second kappa shape index (κ2) is 6.86. The molecule has 124 valence electrons. The van der Waals surface area contributed by atoms with E-state index in [1.54, 1.807) is 42.8 Å². The second-order valence-electron chi connectivity index (χ2n) is 5.28. The van der Waals surface area contributed by atoms with Crippen molar-refractivity contribution in [3.8, 4) is 11.3 Å². The van der Waals surface area contributed by atoms with E-state index in [4.69, 9.17) is 4.42 Å². The van der Waals surface area contributed by atoms with Crippen LogP contribution in [0.15, 0.2) is 56.5 Å². The largest absolute Gasteiger partial charge is 0.458 e. The van der Waals surface area contributed by atoms with E-state index >= 15 is 0 Å². The zero-order chi connectivity index (χ0) is 17.1. The molecule has 0 spiro atoms. The van der Waals surface area contributed by atoms with Crippen LogP contribution in [0.5, 0.6) is 0 Å². The van der Waals surface area contributed by atoms with E-state index < -0.39 is 12.0 Å². The fourth-order valence-corrected chi connectivity index (χ4v) is 2.89. The number of aliphatic hydroxyl groups excluding tert-OH is 1. The number of hydrogen-bond acceptors (Lipinski definition) is 5. The molecule has 6 nitrogen and oxygen atoms in total. The van der Waals surface area contributed by atoms with Gasteiger partial charge in [-0.05, 0) is 35.7 Å². The maximum Gasteiger partial charge on any atom is 0.263 e. The van der Waals surface area contributed by atoms with E-state index in [1.165, 1.54) is 10.6 Å². The highest BCUT2D eigenvalue weighted by atomic mass is 32.1. The Kier molecular flexibility index (Phi) is 4.64. The first-order chi connectivity index (χ1) is 11.6. The Bertz CT molecular complexity index is 895. The zero-order valence-corrected chi connectivity index (χ0v) is 13.7. The SMILES string of the molecule is Cn1cccc(C(=O)NC[C@H](O)c2ccc(-c3ccsc3)o2)c1=O. The van der Waals surface area contributed by atoms with Gasteiger partial charge in [-0.2, -0.15) is 11.3 Å². The van der Waals surface area contributed by atoms with Crippen LogP contribution in [0.4, 0.5) is 0 Å². The Morgan fingerprint density at radius 3 is 2.96 bits per heavy atom. The highest BCUT2D eigenvalue weighted by molar-refractivity contribution is 7.08.